The third-order valence-electron chi connectivity index (χ3n) is 14.1. The first kappa shape index (κ1) is 34.2. The van der Waals surface area contributed by atoms with Gasteiger partial charge in [-0.25, -0.2) is 0 Å². The average molecular weight is 619 g/mol. The first-order chi connectivity index (χ1) is 20.4. The van der Waals surface area contributed by atoms with Crippen molar-refractivity contribution in [3.63, 3.8) is 0 Å². The molecule has 6 unspecified atom stereocenters. The second-order valence-corrected chi connectivity index (χ2v) is 16.9. The summed E-state index contributed by atoms with van der Waals surface area (Å²) in [6, 6.07) is 0. The van der Waals surface area contributed by atoms with E-state index in [1.165, 1.54) is 5.57 Å². The number of hydrogen-bond acceptors (Lipinski definition) is 8. The minimum absolute atomic E-state index is 0.0774. The van der Waals surface area contributed by atoms with Gasteiger partial charge in [0.25, 0.3) is 0 Å². The third kappa shape index (κ3) is 5.00. The fourth-order valence-electron chi connectivity index (χ4n) is 11.3. The second kappa shape index (κ2) is 11.5. The van der Waals surface area contributed by atoms with Gasteiger partial charge in [0.05, 0.1) is 12.2 Å². The fraction of sp³-hybridized carbons (Fsp3) is 0.889. The molecule has 1 saturated heterocycles. The Morgan fingerprint density at radius 2 is 1.61 bits per heavy atom. The summed E-state index contributed by atoms with van der Waals surface area (Å²) < 4.78 is 12.5. The predicted octanol–water partition coefficient (Wildman–Crippen LogP) is 4.74. The van der Waals surface area contributed by atoms with Crippen LogP contribution < -0.4 is 0 Å². The van der Waals surface area contributed by atoms with Crippen LogP contribution in [0.2, 0.25) is 0 Å². The predicted molar refractivity (Wildman–Crippen MR) is 166 cm³/mol. The molecule has 5 aliphatic rings. The molecule has 4 N–H and O–H groups in total. The van der Waals surface area contributed by atoms with Crippen LogP contribution >= 0.6 is 0 Å². The molecule has 5 rings (SSSR count). The van der Waals surface area contributed by atoms with E-state index in [1.54, 1.807) is 0 Å². The van der Waals surface area contributed by atoms with E-state index in [4.69, 9.17) is 9.47 Å². The number of ketones is 2. The summed E-state index contributed by atoms with van der Waals surface area (Å²) in [5.41, 5.74) is -0.484. The number of carbonyl (C=O) groups is 2. The molecule has 250 valence electrons. The number of Topliss-reactive ketones (excluding diaryl/α,β-unsaturated/α-hetero) is 2. The smallest absolute Gasteiger partial charge is 0.187 e. The van der Waals surface area contributed by atoms with Crippen LogP contribution in [0.5, 0.6) is 0 Å². The summed E-state index contributed by atoms with van der Waals surface area (Å²) >= 11 is 0. The van der Waals surface area contributed by atoms with Crippen molar-refractivity contribution in [2.75, 3.05) is 6.61 Å². The SMILES string of the molecule is CC(C)=CCC[C@](C)(O[C@@H]1OC(CO)[C@@H](O)[C@H](O)C1O)C1CC[C@]2(C)C1C(=O)CC1[C@@]3(C)CCC(=O)C(C)(C)C3CC[C@]12C. The second-order valence-electron chi connectivity index (χ2n) is 16.9. The first-order valence-electron chi connectivity index (χ1n) is 17.0. The Labute approximate surface area is 264 Å². The highest BCUT2D eigenvalue weighted by Gasteiger charge is 2.72. The van der Waals surface area contributed by atoms with Gasteiger partial charge in [0, 0.05) is 24.2 Å². The van der Waals surface area contributed by atoms with Crippen LogP contribution in [0.3, 0.4) is 0 Å². The van der Waals surface area contributed by atoms with Gasteiger partial charge in [0.2, 0.25) is 0 Å². The lowest BCUT2D eigenvalue weighted by Gasteiger charge is -2.68. The van der Waals surface area contributed by atoms with Crippen molar-refractivity contribution in [1.82, 2.24) is 0 Å². The zero-order valence-electron chi connectivity index (χ0n) is 28.3. The van der Waals surface area contributed by atoms with Crippen LogP contribution in [0, 0.1) is 45.3 Å². The largest absolute Gasteiger partial charge is 0.394 e. The van der Waals surface area contributed by atoms with Gasteiger partial charge in [-0.1, -0.05) is 46.3 Å². The number of fused-ring (bicyclic) bond motifs is 5. The summed E-state index contributed by atoms with van der Waals surface area (Å²) in [6.07, 6.45) is 2.24. The molecule has 0 bridgehead atoms. The van der Waals surface area contributed by atoms with E-state index in [0.29, 0.717) is 31.5 Å². The quantitative estimate of drug-likeness (QED) is 0.301. The molecule has 0 spiro atoms. The van der Waals surface area contributed by atoms with Crippen LogP contribution in [0.4, 0.5) is 0 Å². The average Bonchev–Trinajstić information content (AvgIpc) is 3.33. The van der Waals surface area contributed by atoms with Crippen molar-refractivity contribution in [3.8, 4) is 0 Å². The van der Waals surface area contributed by atoms with Gasteiger partial charge in [-0.05, 0) is 99.7 Å². The van der Waals surface area contributed by atoms with Crippen molar-refractivity contribution in [3.05, 3.63) is 11.6 Å². The Morgan fingerprint density at radius 3 is 2.25 bits per heavy atom. The minimum atomic E-state index is -1.53. The van der Waals surface area contributed by atoms with Crippen molar-refractivity contribution in [2.45, 2.75) is 149 Å². The van der Waals surface area contributed by atoms with E-state index in [9.17, 15) is 30.0 Å². The standard InChI is InChI=1S/C36H58O8/c1-20(2)10-9-14-36(8,44-31-30(42)29(41)28(40)23(19-37)43-31)21-11-16-35(7)27(21)22(38)18-25-33(5)15-13-26(39)32(3,4)24(33)12-17-34(25,35)6/h10,21,23-25,27-31,37,40-42H,9,11-19H2,1-8H3/t21?,23?,24?,25?,27?,28-,29+,30?,31+,33+,34-,35-,36+/m1/s1. The summed E-state index contributed by atoms with van der Waals surface area (Å²) in [5, 5.41) is 41.6. The van der Waals surface area contributed by atoms with Crippen LogP contribution in [-0.4, -0.2) is 74.9 Å². The first-order valence-corrected chi connectivity index (χ1v) is 17.0. The van der Waals surface area contributed by atoms with Gasteiger partial charge in [-0.2, -0.15) is 0 Å². The fourth-order valence-corrected chi connectivity index (χ4v) is 11.3. The Hall–Kier alpha value is -1.16. The lowest BCUT2D eigenvalue weighted by atomic mass is 9.35. The zero-order valence-corrected chi connectivity index (χ0v) is 28.3. The van der Waals surface area contributed by atoms with Gasteiger partial charge in [-0.3, -0.25) is 9.59 Å². The molecular formula is C36H58O8. The summed E-state index contributed by atoms with van der Waals surface area (Å²) in [5.74, 6) is 0.739. The lowest BCUT2D eigenvalue weighted by Crippen LogP contribution is -2.66. The molecule has 0 amide bonds. The van der Waals surface area contributed by atoms with Crippen molar-refractivity contribution < 1.29 is 39.5 Å². The van der Waals surface area contributed by atoms with Gasteiger partial charge in [0.1, 0.15) is 36.0 Å². The molecule has 0 aromatic carbocycles. The van der Waals surface area contributed by atoms with Crippen LogP contribution in [0.25, 0.3) is 0 Å². The lowest BCUT2D eigenvalue weighted by molar-refractivity contribution is -0.333. The molecule has 8 nitrogen and oxygen atoms in total. The molecule has 8 heteroatoms. The molecule has 44 heavy (non-hydrogen) atoms. The summed E-state index contributed by atoms with van der Waals surface area (Å²) in [6.45, 7) is 16.9. The van der Waals surface area contributed by atoms with Gasteiger partial charge >= 0.3 is 0 Å². The molecule has 0 aromatic rings. The molecule has 0 aromatic heterocycles. The van der Waals surface area contributed by atoms with E-state index in [-0.39, 0.29) is 51.1 Å². The third-order valence-corrected chi connectivity index (χ3v) is 14.1. The number of ether oxygens (including phenoxy) is 2. The summed E-state index contributed by atoms with van der Waals surface area (Å²) in [4.78, 5) is 27.6. The Balaban J connectivity index is 1.49. The molecule has 4 saturated carbocycles. The van der Waals surface area contributed by atoms with Gasteiger partial charge in [0.15, 0.2) is 6.29 Å². The number of aliphatic hydroxyl groups is 4. The number of hydrogen-bond donors (Lipinski definition) is 4. The van der Waals surface area contributed by atoms with Crippen LogP contribution in [0.15, 0.2) is 11.6 Å². The zero-order chi connectivity index (χ0) is 32.6. The molecule has 13 atom stereocenters. The van der Waals surface area contributed by atoms with Gasteiger partial charge in [-0.15, -0.1) is 0 Å². The van der Waals surface area contributed by atoms with Crippen molar-refractivity contribution in [1.29, 1.82) is 0 Å². The van der Waals surface area contributed by atoms with Crippen molar-refractivity contribution >= 4 is 11.6 Å². The molecule has 4 aliphatic carbocycles. The number of allylic oxidation sites excluding steroid dienone is 2. The van der Waals surface area contributed by atoms with Crippen molar-refractivity contribution in [2.24, 2.45) is 45.3 Å². The van der Waals surface area contributed by atoms with E-state index < -0.39 is 42.9 Å². The van der Waals surface area contributed by atoms with E-state index in [2.05, 4.69) is 40.7 Å². The topological polar surface area (TPSA) is 134 Å². The highest BCUT2D eigenvalue weighted by atomic mass is 16.7. The highest BCUT2D eigenvalue weighted by Crippen LogP contribution is 2.75. The van der Waals surface area contributed by atoms with E-state index in [1.807, 2.05) is 20.8 Å². The highest BCUT2D eigenvalue weighted by molar-refractivity contribution is 5.86. The summed E-state index contributed by atoms with van der Waals surface area (Å²) in [7, 11) is 0. The number of carbonyl (C=O) groups excluding carboxylic acids is 2. The Kier molecular flexibility index (Phi) is 8.95. The molecule has 5 fully saturated rings. The normalized spacial score (nSPS) is 48.1. The van der Waals surface area contributed by atoms with E-state index in [0.717, 1.165) is 32.1 Å². The van der Waals surface area contributed by atoms with Crippen LogP contribution in [-0.2, 0) is 19.1 Å². The minimum Gasteiger partial charge on any atom is -0.394 e. The Bertz CT molecular complexity index is 1160. The van der Waals surface area contributed by atoms with Crippen LogP contribution in [0.1, 0.15) is 113 Å². The van der Waals surface area contributed by atoms with E-state index >= 15 is 0 Å². The number of aliphatic hydroxyl groups excluding tert-OH is 4. The number of rotatable bonds is 7. The maximum absolute atomic E-state index is 14.6. The maximum atomic E-state index is 14.6. The molecule has 1 heterocycles. The molecule has 1 aliphatic heterocycles. The maximum Gasteiger partial charge on any atom is 0.187 e. The van der Waals surface area contributed by atoms with Gasteiger partial charge < -0.3 is 29.9 Å². The molecular weight excluding hydrogens is 560 g/mol. The molecule has 0 radical (unpaired) electrons. The Morgan fingerprint density at radius 1 is 0.955 bits per heavy atom. The monoisotopic (exact) mass is 618 g/mol.